The minimum absolute atomic E-state index is 0.0358. The molecule has 0 spiro atoms. The van der Waals surface area contributed by atoms with E-state index < -0.39 is 41.0 Å². The number of amides is 2. The third-order valence-corrected chi connectivity index (χ3v) is 6.16. The van der Waals surface area contributed by atoms with Gasteiger partial charge in [0.2, 0.25) is 5.91 Å². The average Bonchev–Trinajstić information content (AvgIpc) is 3.27. The van der Waals surface area contributed by atoms with Gasteiger partial charge in [-0.25, -0.2) is 9.37 Å². The number of halogens is 4. The first-order chi connectivity index (χ1) is 18.7. The van der Waals surface area contributed by atoms with E-state index in [0.717, 1.165) is 29.2 Å². The van der Waals surface area contributed by atoms with E-state index in [9.17, 15) is 32.3 Å². The maximum Gasteiger partial charge on any atom is 0.416 e. The molecule has 1 atom stereocenters. The van der Waals surface area contributed by atoms with Gasteiger partial charge in [-0.15, -0.1) is 5.10 Å². The van der Waals surface area contributed by atoms with Crippen LogP contribution in [0.3, 0.4) is 0 Å². The second-order valence-corrected chi connectivity index (χ2v) is 9.74. The van der Waals surface area contributed by atoms with Gasteiger partial charge in [-0.3, -0.25) is 19.4 Å². The van der Waals surface area contributed by atoms with E-state index in [0.29, 0.717) is 5.69 Å². The van der Waals surface area contributed by atoms with Gasteiger partial charge >= 0.3 is 6.18 Å². The minimum Gasteiger partial charge on any atom is -0.384 e. The second-order valence-electron chi connectivity index (χ2n) is 9.74. The number of alkyl halides is 3. The Balaban J connectivity index is 1.66. The maximum atomic E-state index is 13.8. The van der Waals surface area contributed by atoms with E-state index in [4.69, 9.17) is 0 Å². The zero-order valence-electron chi connectivity index (χ0n) is 21.8. The zero-order chi connectivity index (χ0) is 29.2. The van der Waals surface area contributed by atoms with Gasteiger partial charge < -0.3 is 5.11 Å². The Labute approximate surface area is 227 Å². The van der Waals surface area contributed by atoms with Gasteiger partial charge in [0.1, 0.15) is 29.0 Å². The minimum atomic E-state index is -4.67. The number of anilines is 2. The molecule has 12 heteroatoms. The molecule has 1 N–H and O–H groups in total. The summed E-state index contributed by atoms with van der Waals surface area (Å²) >= 11 is 0. The predicted molar refractivity (Wildman–Crippen MR) is 137 cm³/mol. The Morgan fingerprint density at radius 2 is 1.82 bits per heavy atom. The summed E-state index contributed by atoms with van der Waals surface area (Å²) in [6, 6.07) is 8.59. The van der Waals surface area contributed by atoms with Crippen molar-refractivity contribution in [3.05, 3.63) is 77.0 Å². The van der Waals surface area contributed by atoms with Crippen LogP contribution in [0.15, 0.2) is 48.5 Å². The monoisotopic (exact) mass is 555 g/mol. The van der Waals surface area contributed by atoms with E-state index in [1.165, 1.54) is 24.0 Å². The first kappa shape index (κ1) is 28.6. The summed E-state index contributed by atoms with van der Waals surface area (Å²) in [6.07, 6.45) is -4.70. The molecule has 1 aromatic carbocycles. The number of hydrogen-bond donors (Lipinski definition) is 1. The van der Waals surface area contributed by atoms with Crippen molar-refractivity contribution in [3.63, 3.8) is 0 Å². The maximum absolute atomic E-state index is 13.8. The van der Waals surface area contributed by atoms with Crippen LogP contribution in [-0.2, 0) is 21.4 Å². The van der Waals surface area contributed by atoms with Crippen molar-refractivity contribution in [2.75, 3.05) is 16.3 Å². The normalized spacial score (nSPS) is 15.6. The lowest BCUT2D eigenvalue weighted by molar-refractivity contribution is -0.137. The first-order valence-electron chi connectivity index (χ1n) is 12.2. The number of aliphatic hydroxyl groups is 1. The third-order valence-electron chi connectivity index (χ3n) is 6.16. The third kappa shape index (κ3) is 6.43. The summed E-state index contributed by atoms with van der Waals surface area (Å²) in [5.41, 5.74) is -1.27. The van der Waals surface area contributed by atoms with Gasteiger partial charge in [0, 0.05) is 17.8 Å². The van der Waals surface area contributed by atoms with Gasteiger partial charge in [0.05, 0.1) is 17.8 Å². The highest BCUT2D eigenvalue weighted by atomic mass is 19.4. The highest BCUT2D eigenvalue weighted by Gasteiger charge is 2.41. The SMILES string of the molecule is Cc1cc(C(F)(F)F)cc(N2C(=O)CC[C@H]2C(=O)N(CC#Cc2ccc(C(C)(C)O)nn2)c2ccc(F)cc2)n1. The van der Waals surface area contributed by atoms with Crippen LogP contribution in [-0.4, -0.2) is 44.7 Å². The number of aromatic nitrogens is 3. The lowest BCUT2D eigenvalue weighted by atomic mass is 10.1. The van der Waals surface area contributed by atoms with Crippen LogP contribution in [0.1, 0.15) is 49.3 Å². The van der Waals surface area contributed by atoms with Crippen molar-refractivity contribution in [2.45, 2.75) is 51.4 Å². The zero-order valence-corrected chi connectivity index (χ0v) is 21.8. The predicted octanol–water partition coefficient (Wildman–Crippen LogP) is 4.15. The number of rotatable bonds is 5. The van der Waals surface area contributed by atoms with Crippen LogP contribution in [0.25, 0.3) is 0 Å². The van der Waals surface area contributed by atoms with Gasteiger partial charge in [0.15, 0.2) is 0 Å². The largest absolute Gasteiger partial charge is 0.416 e. The van der Waals surface area contributed by atoms with Crippen LogP contribution in [0, 0.1) is 24.6 Å². The molecule has 2 amide bonds. The molecule has 0 unspecified atom stereocenters. The fourth-order valence-corrected chi connectivity index (χ4v) is 4.17. The van der Waals surface area contributed by atoms with Crippen molar-refractivity contribution in [3.8, 4) is 11.8 Å². The molecule has 0 bridgehead atoms. The fourth-order valence-electron chi connectivity index (χ4n) is 4.17. The van der Waals surface area contributed by atoms with E-state index in [-0.39, 0.29) is 42.3 Å². The highest BCUT2D eigenvalue weighted by molar-refractivity contribution is 6.08. The number of pyridine rings is 1. The molecule has 8 nitrogen and oxygen atoms in total. The van der Waals surface area contributed by atoms with E-state index in [2.05, 4.69) is 27.0 Å². The number of carbonyl (C=O) groups is 2. The van der Waals surface area contributed by atoms with Crippen LogP contribution in [0.2, 0.25) is 0 Å². The number of benzene rings is 1. The molecular weight excluding hydrogens is 530 g/mol. The standard InChI is InChI=1S/C28H25F4N5O3/c1-17-15-18(28(30,31)32)16-24(33-17)37-22(11-13-25(37)38)26(39)36(21-9-6-19(29)7-10-21)14-4-5-20-8-12-23(35-34-20)27(2,3)40/h6-10,12,15-16,22,40H,11,13-14H2,1-3H3/t22-/m0/s1. The Morgan fingerprint density at radius 3 is 2.42 bits per heavy atom. The molecule has 1 fully saturated rings. The molecule has 4 rings (SSSR count). The van der Waals surface area contributed by atoms with Crippen molar-refractivity contribution in [2.24, 2.45) is 0 Å². The summed E-state index contributed by atoms with van der Waals surface area (Å²) in [6.45, 7) is 4.28. The van der Waals surface area contributed by atoms with E-state index in [1.54, 1.807) is 26.0 Å². The van der Waals surface area contributed by atoms with Crippen molar-refractivity contribution in [1.82, 2.24) is 15.2 Å². The number of hydrogen-bond acceptors (Lipinski definition) is 6. The highest BCUT2D eigenvalue weighted by Crippen LogP contribution is 2.34. The molecule has 1 aliphatic heterocycles. The van der Waals surface area contributed by atoms with Crippen LogP contribution >= 0.6 is 0 Å². The number of aryl methyl sites for hydroxylation is 1. The molecule has 40 heavy (non-hydrogen) atoms. The summed E-state index contributed by atoms with van der Waals surface area (Å²) in [4.78, 5) is 32.9. The molecule has 2 aromatic heterocycles. The quantitative estimate of drug-likeness (QED) is 0.375. The molecule has 1 aliphatic rings. The summed E-state index contributed by atoms with van der Waals surface area (Å²) < 4.78 is 54.0. The van der Waals surface area contributed by atoms with Gasteiger partial charge in [-0.2, -0.15) is 18.3 Å². The summed E-state index contributed by atoms with van der Waals surface area (Å²) in [5.74, 6) is 3.61. The molecule has 208 valence electrons. The fraction of sp³-hybridized carbons (Fsp3) is 0.321. The van der Waals surface area contributed by atoms with Crippen LogP contribution < -0.4 is 9.80 Å². The molecule has 0 aliphatic carbocycles. The van der Waals surface area contributed by atoms with Gasteiger partial charge in [0.25, 0.3) is 5.91 Å². The summed E-state index contributed by atoms with van der Waals surface area (Å²) in [5, 5.41) is 17.9. The Morgan fingerprint density at radius 1 is 1.12 bits per heavy atom. The van der Waals surface area contributed by atoms with Crippen LogP contribution in [0.5, 0.6) is 0 Å². The smallest absolute Gasteiger partial charge is 0.384 e. The lowest BCUT2D eigenvalue weighted by Gasteiger charge is -2.29. The molecule has 3 aromatic rings. The lowest BCUT2D eigenvalue weighted by Crippen LogP contribution is -2.47. The van der Waals surface area contributed by atoms with Crippen LogP contribution in [0.4, 0.5) is 29.1 Å². The van der Waals surface area contributed by atoms with Gasteiger partial charge in [-0.05, 0) is 81.6 Å². The Kier molecular flexibility index (Phi) is 7.88. The number of nitrogens with zero attached hydrogens (tertiary/aromatic N) is 5. The van der Waals surface area contributed by atoms with E-state index >= 15 is 0 Å². The molecular formula is C28H25F4N5O3. The second kappa shape index (κ2) is 11.0. The topological polar surface area (TPSA) is 99.5 Å². The Bertz CT molecular complexity index is 1470. The van der Waals surface area contributed by atoms with Crippen molar-refractivity contribution >= 4 is 23.3 Å². The van der Waals surface area contributed by atoms with E-state index in [1.807, 2.05) is 0 Å². The number of carbonyl (C=O) groups excluding carboxylic acids is 2. The molecule has 3 heterocycles. The molecule has 1 saturated heterocycles. The summed E-state index contributed by atoms with van der Waals surface area (Å²) in [7, 11) is 0. The van der Waals surface area contributed by atoms with Gasteiger partial charge in [-0.1, -0.05) is 5.92 Å². The molecule has 0 radical (unpaired) electrons. The van der Waals surface area contributed by atoms with Crippen molar-refractivity contribution in [1.29, 1.82) is 0 Å². The average molecular weight is 556 g/mol. The van der Waals surface area contributed by atoms with Crippen molar-refractivity contribution < 1.29 is 32.3 Å². The first-order valence-corrected chi connectivity index (χ1v) is 12.2. The molecule has 0 saturated carbocycles. The Hall–Kier alpha value is -4.37.